The highest BCUT2D eigenvalue weighted by Gasteiger charge is 2.50. The van der Waals surface area contributed by atoms with Crippen molar-refractivity contribution in [3.05, 3.63) is 35.5 Å². The van der Waals surface area contributed by atoms with Crippen molar-refractivity contribution in [3.8, 4) is 0 Å². The zero-order valence-corrected chi connectivity index (χ0v) is 19.0. The van der Waals surface area contributed by atoms with Crippen LogP contribution in [-0.2, 0) is 4.74 Å². The van der Waals surface area contributed by atoms with Crippen LogP contribution in [-0.4, -0.2) is 60.2 Å². The number of fused-ring (bicyclic) bond motifs is 1. The van der Waals surface area contributed by atoms with Crippen molar-refractivity contribution in [2.75, 3.05) is 32.8 Å². The summed E-state index contributed by atoms with van der Waals surface area (Å²) in [6.07, 6.45) is 10.9. The third-order valence-electron chi connectivity index (χ3n) is 8.64. The summed E-state index contributed by atoms with van der Waals surface area (Å²) >= 11 is 0. The van der Waals surface area contributed by atoms with Crippen molar-refractivity contribution in [2.45, 2.75) is 71.0 Å². The zero-order valence-electron chi connectivity index (χ0n) is 19.0. The molecule has 4 nitrogen and oxygen atoms in total. The smallest absolute Gasteiger partial charge is 0.0811 e. The van der Waals surface area contributed by atoms with E-state index in [4.69, 9.17) is 4.74 Å². The van der Waals surface area contributed by atoms with Crippen LogP contribution >= 0.6 is 0 Å². The van der Waals surface area contributed by atoms with Gasteiger partial charge in [0, 0.05) is 26.1 Å². The first-order valence-corrected chi connectivity index (χ1v) is 12.1. The van der Waals surface area contributed by atoms with Crippen LogP contribution in [0.3, 0.4) is 0 Å². The summed E-state index contributed by atoms with van der Waals surface area (Å²) in [4.78, 5) is 2.60. The average Bonchev–Trinajstić information content (AvgIpc) is 3.08. The van der Waals surface area contributed by atoms with E-state index in [-0.39, 0.29) is 0 Å². The molecule has 1 saturated heterocycles. The standard InChI is InChI=1S/C26H41NO3/c1-18(17-27-11-13-30-14-12-27)23-8-9-24-20(5-4-10-26(23,24)3)6-7-21-15-22(28)16-25(29)19(21)2/h6-7,18,22-25,28-29H,2,4-5,8-17H2,1,3H3/t18?,22-,23-,24+,25+,26-/m1/s1. The van der Waals surface area contributed by atoms with E-state index < -0.39 is 12.2 Å². The predicted octanol–water partition coefficient (Wildman–Crippen LogP) is 4.10. The minimum Gasteiger partial charge on any atom is -0.393 e. The molecule has 1 heterocycles. The van der Waals surface area contributed by atoms with Gasteiger partial charge in [-0.3, -0.25) is 4.90 Å². The van der Waals surface area contributed by atoms with Crippen LogP contribution in [0, 0.1) is 23.2 Å². The molecule has 1 aliphatic heterocycles. The number of hydrogen-bond donors (Lipinski definition) is 2. The fraction of sp³-hybridized carbons (Fsp3) is 0.769. The molecule has 6 atom stereocenters. The molecule has 0 spiro atoms. The van der Waals surface area contributed by atoms with Crippen LogP contribution in [0.15, 0.2) is 35.5 Å². The van der Waals surface area contributed by atoms with Gasteiger partial charge in [0.1, 0.15) is 0 Å². The molecule has 4 rings (SSSR count). The van der Waals surface area contributed by atoms with Crippen molar-refractivity contribution >= 4 is 0 Å². The first-order valence-electron chi connectivity index (χ1n) is 12.1. The van der Waals surface area contributed by atoms with E-state index >= 15 is 0 Å². The predicted molar refractivity (Wildman–Crippen MR) is 121 cm³/mol. The fourth-order valence-electron chi connectivity index (χ4n) is 7.00. The zero-order chi connectivity index (χ0) is 21.3. The minimum atomic E-state index is -0.605. The highest BCUT2D eigenvalue weighted by Crippen LogP contribution is 2.59. The third kappa shape index (κ3) is 4.48. The van der Waals surface area contributed by atoms with E-state index in [2.05, 4.69) is 37.5 Å². The molecule has 3 aliphatic carbocycles. The highest BCUT2D eigenvalue weighted by molar-refractivity contribution is 5.38. The molecule has 0 aromatic carbocycles. The van der Waals surface area contributed by atoms with Crippen molar-refractivity contribution in [3.63, 3.8) is 0 Å². The maximum absolute atomic E-state index is 10.1. The van der Waals surface area contributed by atoms with Crippen molar-refractivity contribution in [1.82, 2.24) is 4.90 Å². The summed E-state index contributed by atoms with van der Waals surface area (Å²) in [6, 6.07) is 0. The van der Waals surface area contributed by atoms with Gasteiger partial charge in [-0.1, -0.05) is 38.2 Å². The second-order valence-electron chi connectivity index (χ2n) is 10.6. The normalized spacial score (nSPS) is 41.9. The summed E-state index contributed by atoms with van der Waals surface area (Å²) in [7, 11) is 0. The fourth-order valence-corrected chi connectivity index (χ4v) is 7.00. The Bertz CT molecular complexity index is 692. The van der Waals surface area contributed by atoms with E-state index in [1.807, 2.05) is 0 Å². The van der Waals surface area contributed by atoms with Gasteiger partial charge in [-0.15, -0.1) is 0 Å². The first-order chi connectivity index (χ1) is 14.4. The second-order valence-corrected chi connectivity index (χ2v) is 10.6. The Labute approximate surface area is 182 Å². The molecule has 2 N–H and O–H groups in total. The maximum Gasteiger partial charge on any atom is 0.0811 e. The quantitative estimate of drug-likeness (QED) is 0.726. The summed E-state index contributed by atoms with van der Waals surface area (Å²) in [5, 5.41) is 20.2. The summed E-state index contributed by atoms with van der Waals surface area (Å²) in [5.41, 5.74) is 3.80. The molecule has 0 aromatic rings. The number of hydrogen-bond acceptors (Lipinski definition) is 4. The van der Waals surface area contributed by atoms with Gasteiger partial charge in [0.25, 0.3) is 0 Å². The molecule has 0 radical (unpaired) electrons. The number of aliphatic hydroxyl groups is 2. The van der Waals surface area contributed by atoms with Gasteiger partial charge in [0.05, 0.1) is 25.4 Å². The SMILES string of the molecule is C=C1C(=CC=C2CCC[C@]3(C)[C@@H](C(C)CN4CCOCC4)CC[C@@H]23)C[C@@H](O)C[C@@H]1O. The molecule has 4 heteroatoms. The number of rotatable bonds is 4. The molecule has 1 unspecified atom stereocenters. The Kier molecular flexibility index (Phi) is 6.88. The van der Waals surface area contributed by atoms with Crippen molar-refractivity contribution in [1.29, 1.82) is 0 Å². The van der Waals surface area contributed by atoms with Gasteiger partial charge >= 0.3 is 0 Å². The summed E-state index contributed by atoms with van der Waals surface area (Å²) in [6.45, 7) is 14.2. The average molecular weight is 416 g/mol. The van der Waals surface area contributed by atoms with Crippen LogP contribution in [0.2, 0.25) is 0 Å². The van der Waals surface area contributed by atoms with Gasteiger partial charge in [0.15, 0.2) is 0 Å². The summed E-state index contributed by atoms with van der Waals surface area (Å²) in [5.74, 6) is 2.18. The van der Waals surface area contributed by atoms with Crippen molar-refractivity contribution < 1.29 is 14.9 Å². The van der Waals surface area contributed by atoms with Crippen LogP contribution in [0.5, 0.6) is 0 Å². The van der Waals surface area contributed by atoms with E-state index in [9.17, 15) is 10.2 Å². The van der Waals surface area contributed by atoms with E-state index in [0.717, 1.165) is 49.3 Å². The molecule has 4 aliphatic rings. The number of aliphatic hydroxyl groups excluding tert-OH is 2. The van der Waals surface area contributed by atoms with Crippen LogP contribution in [0.1, 0.15) is 58.8 Å². The Morgan fingerprint density at radius 3 is 2.77 bits per heavy atom. The van der Waals surface area contributed by atoms with Gasteiger partial charge in [-0.05, 0) is 72.8 Å². The number of ether oxygens (including phenoxy) is 1. The lowest BCUT2D eigenvalue weighted by molar-refractivity contribution is 0.0155. The minimum absolute atomic E-state index is 0.400. The highest BCUT2D eigenvalue weighted by atomic mass is 16.5. The molecule has 4 fully saturated rings. The van der Waals surface area contributed by atoms with Crippen LogP contribution < -0.4 is 0 Å². The lowest BCUT2D eigenvalue weighted by Crippen LogP contribution is -2.43. The Morgan fingerprint density at radius 2 is 2.00 bits per heavy atom. The van der Waals surface area contributed by atoms with Gasteiger partial charge < -0.3 is 14.9 Å². The Hall–Kier alpha value is -0.940. The third-order valence-corrected chi connectivity index (χ3v) is 8.64. The Balaban J connectivity index is 1.47. The largest absolute Gasteiger partial charge is 0.393 e. The van der Waals surface area contributed by atoms with E-state index in [1.54, 1.807) is 5.57 Å². The van der Waals surface area contributed by atoms with Gasteiger partial charge in [-0.25, -0.2) is 0 Å². The molecule has 3 saturated carbocycles. The van der Waals surface area contributed by atoms with Gasteiger partial charge in [-0.2, -0.15) is 0 Å². The number of morpholine rings is 1. The lowest BCUT2D eigenvalue weighted by atomic mass is 9.61. The second kappa shape index (κ2) is 9.28. The topological polar surface area (TPSA) is 52.9 Å². The molecular weight excluding hydrogens is 374 g/mol. The lowest BCUT2D eigenvalue weighted by Gasteiger charge is -2.45. The molecule has 0 amide bonds. The monoisotopic (exact) mass is 415 g/mol. The molecular formula is C26H41NO3. The molecule has 0 bridgehead atoms. The Morgan fingerprint density at radius 1 is 1.23 bits per heavy atom. The molecule has 168 valence electrons. The number of nitrogens with zero attached hydrogens (tertiary/aromatic N) is 1. The van der Waals surface area contributed by atoms with E-state index in [0.29, 0.717) is 24.2 Å². The summed E-state index contributed by atoms with van der Waals surface area (Å²) < 4.78 is 5.53. The van der Waals surface area contributed by atoms with Crippen LogP contribution in [0.25, 0.3) is 0 Å². The van der Waals surface area contributed by atoms with Crippen LogP contribution in [0.4, 0.5) is 0 Å². The van der Waals surface area contributed by atoms with E-state index in [1.165, 1.54) is 38.6 Å². The van der Waals surface area contributed by atoms with Gasteiger partial charge in [0.2, 0.25) is 0 Å². The van der Waals surface area contributed by atoms with Crippen molar-refractivity contribution in [2.24, 2.45) is 23.2 Å². The molecule has 0 aromatic heterocycles. The maximum atomic E-state index is 10.1. The first kappa shape index (κ1) is 22.3. The number of allylic oxidation sites excluding steroid dienone is 3. The molecule has 30 heavy (non-hydrogen) atoms.